The van der Waals surface area contributed by atoms with Crippen LogP contribution in [-0.2, 0) is 13.0 Å². The van der Waals surface area contributed by atoms with Crippen LogP contribution in [0.3, 0.4) is 0 Å². The zero-order valence-electron chi connectivity index (χ0n) is 12.8. The zero-order valence-corrected chi connectivity index (χ0v) is 12.8. The van der Waals surface area contributed by atoms with Crippen molar-refractivity contribution in [2.24, 2.45) is 5.92 Å². The molecule has 1 aromatic carbocycles. The van der Waals surface area contributed by atoms with E-state index in [4.69, 9.17) is 0 Å². The van der Waals surface area contributed by atoms with Crippen molar-refractivity contribution in [3.8, 4) is 0 Å². The van der Waals surface area contributed by atoms with Crippen molar-refractivity contribution in [1.29, 1.82) is 0 Å². The lowest BCUT2D eigenvalue weighted by Crippen LogP contribution is -2.43. The molecule has 0 radical (unpaired) electrons. The van der Waals surface area contributed by atoms with Crippen LogP contribution < -0.4 is 15.5 Å². The molecule has 1 aromatic rings. The number of piperidine rings is 1. The highest BCUT2D eigenvalue weighted by Gasteiger charge is 2.24. The van der Waals surface area contributed by atoms with Crippen molar-refractivity contribution in [1.82, 2.24) is 10.6 Å². The van der Waals surface area contributed by atoms with E-state index in [1.807, 2.05) is 7.05 Å². The van der Waals surface area contributed by atoms with Crippen LogP contribution in [0, 0.1) is 5.92 Å². The van der Waals surface area contributed by atoms with Gasteiger partial charge in [-0.15, -0.1) is 0 Å². The monoisotopic (exact) mass is 273 g/mol. The molecule has 1 saturated heterocycles. The summed E-state index contributed by atoms with van der Waals surface area (Å²) < 4.78 is 0. The maximum atomic E-state index is 3.63. The Balaban J connectivity index is 1.82. The van der Waals surface area contributed by atoms with Crippen LogP contribution in [0.25, 0.3) is 0 Å². The van der Waals surface area contributed by atoms with Gasteiger partial charge in [0.25, 0.3) is 0 Å². The second kappa shape index (κ2) is 6.15. The molecule has 0 spiro atoms. The number of nitrogens with one attached hydrogen (secondary N) is 2. The van der Waals surface area contributed by atoms with E-state index in [0.29, 0.717) is 6.04 Å². The van der Waals surface area contributed by atoms with Gasteiger partial charge in [-0.2, -0.15) is 0 Å². The standard InChI is InChI=1S/C17H27N3/c1-13-6-8-20(9-7-13)17-5-3-4-14-11-19-15(12-18-2)10-16(14)17/h3-5,13,15,18-19H,6-12H2,1-2H3. The van der Waals surface area contributed by atoms with Gasteiger partial charge in [-0.25, -0.2) is 0 Å². The summed E-state index contributed by atoms with van der Waals surface area (Å²) in [5.74, 6) is 0.893. The predicted octanol–water partition coefficient (Wildman–Crippen LogP) is 2.16. The average molecular weight is 273 g/mol. The molecule has 0 bridgehead atoms. The molecule has 3 rings (SSSR count). The highest BCUT2D eigenvalue weighted by atomic mass is 15.1. The summed E-state index contributed by atoms with van der Waals surface area (Å²) in [5.41, 5.74) is 4.58. The summed E-state index contributed by atoms with van der Waals surface area (Å²) in [6, 6.07) is 7.41. The second-order valence-electron chi connectivity index (χ2n) is 6.42. The Kier molecular flexibility index (Phi) is 4.27. The summed E-state index contributed by atoms with van der Waals surface area (Å²) >= 11 is 0. The molecule has 3 nitrogen and oxygen atoms in total. The molecular formula is C17H27N3. The highest BCUT2D eigenvalue weighted by Crippen LogP contribution is 2.31. The topological polar surface area (TPSA) is 27.3 Å². The number of benzene rings is 1. The Bertz CT molecular complexity index is 450. The third-order valence-corrected chi connectivity index (χ3v) is 4.85. The average Bonchev–Trinajstić information content (AvgIpc) is 2.48. The zero-order chi connectivity index (χ0) is 13.9. The number of nitrogens with zero attached hydrogens (tertiary/aromatic N) is 1. The fraction of sp³-hybridized carbons (Fsp3) is 0.647. The molecule has 1 atom stereocenters. The van der Waals surface area contributed by atoms with E-state index in [0.717, 1.165) is 25.4 Å². The molecule has 2 N–H and O–H groups in total. The van der Waals surface area contributed by atoms with E-state index < -0.39 is 0 Å². The summed E-state index contributed by atoms with van der Waals surface area (Å²) in [5, 5.41) is 6.93. The number of hydrogen-bond acceptors (Lipinski definition) is 3. The first-order chi connectivity index (χ1) is 9.78. The van der Waals surface area contributed by atoms with Gasteiger partial charge in [-0.3, -0.25) is 0 Å². The van der Waals surface area contributed by atoms with E-state index in [1.54, 1.807) is 5.56 Å². The summed E-state index contributed by atoms with van der Waals surface area (Å²) in [7, 11) is 2.04. The molecule has 2 aliphatic heterocycles. The lowest BCUT2D eigenvalue weighted by atomic mass is 9.92. The van der Waals surface area contributed by atoms with Gasteiger partial charge in [-0.1, -0.05) is 19.1 Å². The fourth-order valence-electron chi connectivity index (χ4n) is 3.53. The maximum Gasteiger partial charge on any atom is 0.0402 e. The van der Waals surface area contributed by atoms with E-state index >= 15 is 0 Å². The van der Waals surface area contributed by atoms with Crippen molar-refractivity contribution in [3.63, 3.8) is 0 Å². The number of anilines is 1. The van der Waals surface area contributed by atoms with Gasteiger partial charge in [-0.05, 0) is 49.4 Å². The Hall–Kier alpha value is -1.06. The fourth-order valence-corrected chi connectivity index (χ4v) is 3.53. The van der Waals surface area contributed by atoms with Crippen molar-refractivity contribution in [2.75, 3.05) is 31.6 Å². The lowest BCUT2D eigenvalue weighted by molar-refractivity contribution is 0.433. The largest absolute Gasteiger partial charge is 0.371 e. The normalized spacial score (nSPS) is 23.7. The van der Waals surface area contributed by atoms with Crippen LogP contribution in [0.1, 0.15) is 30.9 Å². The Morgan fingerprint density at radius 3 is 2.85 bits per heavy atom. The molecule has 0 aliphatic carbocycles. The number of hydrogen-bond donors (Lipinski definition) is 2. The molecular weight excluding hydrogens is 246 g/mol. The summed E-state index contributed by atoms with van der Waals surface area (Å²) in [6.07, 6.45) is 3.82. The summed E-state index contributed by atoms with van der Waals surface area (Å²) in [4.78, 5) is 2.61. The SMILES string of the molecule is CNCC1Cc2c(cccc2N2CCC(C)CC2)CN1. The van der Waals surface area contributed by atoms with Crippen LogP contribution in [-0.4, -0.2) is 32.7 Å². The molecule has 1 unspecified atom stereocenters. The quantitative estimate of drug-likeness (QED) is 0.884. The van der Waals surface area contributed by atoms with Crippen molar-refractivity contribution >= 4 is 5.69 Å². The van der Waals surface area contributed by atoms with Gasteiger partial charge in [0.15, 0.2) is 0 Å². The van der Waals surface area contributed by atoms with Gasteiger partial charge >= 0.3 is 0 Å². The van der Waals surface area contributed by atoms with Crippen LogP contribution in [0.2, 0.25) is 0 Å². The van der Waals surface area contributed by atoms with E-state index in [2.05, 4.69) is 40.7 Å². The number of rotatable bonds is 3. The lowest BCUT2D eigenvalue weighted by Gasteiger charge is -2.36. The molecule has 0 aromatic heterocycles. The van der Waals surface area contributed by atoms with Gasteiger partial charge in [0.05, 0.1) is 0 Å². The Labute approximate surface area is 122 Å². The third kappa shape index (κ3) is 2.84. The van der Waals surface area contributed by atoms with Crippen molar-refractivity contribution in [2.45, 2.75) is 38.8 Å². The van der Waals surface area contributed by atoms with E-state index in [9.17, 15) is 0 Å². The first-order valence-corrected chi connectivity index (χ1v) is 8.01. The van der Waals surface area contributed by atoms with Crippen LogP contribution in [0.4, 0.5) is 5.69 Å². The van der Waals surface area contributed by atoms with Gasteiger partial charge in [0, 0.05) is 37.9 Å². The molecule has 1 fully saturated rings. The van der Waals surface area contributed by atoms with Gasteiger partial charge in [0.2, 0.25) is 0 Å². The first kappa shape index (κ1) is 13.9. The number of fused-ring (bicyclic) bond motifs is 1. The van der Waals surface area contributed by atoms with Crippen LogP contribution >= 0.6 is 0 Å². The highest BCUT2D eigenvalue weighted by molar-refractivity contribution is 5.58. The van der Waals surface area contributed by atoms with Crippen molar-refractivity contribution < 1.29 is 0 Å². The van der Waals surface area contributed by atoms with Crippen molar-refractivity contribution in [3.05, 3.63) is 29.3 Å². The molecule has 3 heteroatoms. The van der Waals surface area contributed by atoms with E-state index in [-0.39, 0.29) is 0 Å². The van der Waals surface area contributed by atoms with E-state index in [1.165, 1.54) is 37.2 Å². The first-order valence-electron chi connectivity index (χ1n) is 8.01. The van der Waals surface area contributed by atoms with Crippen LogP contribution in [0.15, 0.2) is 18.2 Å². The smallest absolute Gasteiger partial charge is 0.0402 e. The minimum absolute atomic E-state index is 0.567. The Morgan fingerprint density at radius 2 is 2.10 bits per heavy atom. The molecule has 110 valence electrons. The van der Waals surface area contributed by atoms with Gasteiger partial charge < -0.3 is 15.5 Å². The minimum atomic E-state index is 0.567. The second-order valence-corrected chi connectivity index (χ2v) is 6.42. The Morgan fingerprint density at radius 1 is 1.30 bits per heavy atom. The summed E-state index contributed by atoms with van der Waals surface area (Å²) in [6.45, 7) is 6.89. The molecule has 20 heavy (non-hydrogen) atoms. The maximum absolute atomic E-state index is 3.63. The minimum Gasteiger partial charge on any atom is -0.371 e. The molecule has 2 heterocycles. The molecule has 0 saturated carbocycles. The predicted molar refractivity (Wildman–Crippen MR) is 85.3 cm³/mol. The third-order valence-electron chi connectivity index (χ3n) is 4.85. The number of likely N-dealkylation sites (N-methyl/N-ethyl adjacent to an activating group) is 1. The van der Waals surface area contributed by atoms with Gasteiger partial charge in [0.1, 0.15) is 0 Å². The molecule has 2 aliphatic rings. The van der Waals surface area contributed by atoms with Crippen LogP contribution in [0.5, 0.6) is 0 Å². The molecule has 0 amide bonds.